The maximum absolute atomic E-state index is 6.65. The Morgan fingerprint density at radius 2 is 0.582 bits per heavy atom. The molecule has 0 N–H and O–H groups in total. The SMILES string of the molecule is CCCCCCCCCCOCCOCCC1(CCCC(CCCCCC)OCCCC)C[Se]CC1(CCCC(CCCCCC)OCCCC)CCOCCOCCCCCCCCCC. The fourth-order valence-electron chi connectivity index (χ4n) is 10.5. The number of hydrogen-bond acceptors (Lipinski definition) is 6. The third kappa shape index (κ3) is 36.0. The van der Waals surface area contributed by atoms with E-state index in [0.717, 1.165) is 52.9 Å². The van der Waals surface area contributed by atoms with Gasteiger partial charge in [-0.2, -0.15) is 0 Å². The van der Waals surface area contributed by atoms with Crippen molar-refractivity contribution in [3.8, 4) is 0 Å². The van der Waals surface area contributed by atoms with Gasteiger partial charge in [0.05, 0.1) is 0 Å². The first-order valence-corrected chi connectivity index (χ1v) is 32.6. The fraction of sp³-hybridized carbons (Fsp3) is 1.00. The van der Waals surface area contributed by atoms with Crippen molar-refractivity contribution in [3.63, 3.8) is 0 Å². The molecule has 0 aliphatic carbocycles. The molecule has 4 atom stereocenters. The molecule has 1 aliphatic heterocycles. The van der Waals surface area contributed by atoms with Crippen LogP contribution in [0.2, 0.25) is 10.6 Å². The Morgan fingerprint density at radius 1 is 0.284 bits per heavy atom. The molecule has 0 aromatic carbocycles. The summed E-state index contributed by atoms with van der Waals surface area (Å²) in [4.78, 5) is 0. The molecule has 0 aromatic rings. The predicted molar refractivity (Wildman–Crippen MR) is 292 cm³/mol. The van der Waals surface area contributed by atoms with E-state index in [1.54, 1.807) is 0 Å². The van der Waals surface area contributed by atoms with Crippen molar-refractivity contribution in [3.05, 3.63) is 0 Å². The van der Waals surface area contributed by atoms with Gasteiger partial charge in [-0.1, -0.05) is 78.1 Å². The van der Waals surface area contributed by atoms with Gasteiger partial charge >= 0.3 is 351 Å². The average Bonchev–Trinajstić information content (AvgIpc) is 3.68. The molecule has 0 amide bonds. The van der Waals surface area contributed by atoms with Crippen LogP contribution in [-0.2, 0) is 28.4 Å². The van der Waals surface area contributed by atoms with Crippen LogP contribution in [0.5, 0.6) is 0 Å². The summed E-state index contributed by atoms with van der Waals surface area (Å²) in [6, 6.07) is 0. The Morgan fingerprint density at radius 3 is 0.940 bits per heavy atom. The van der Waals surface area contributed by atoms with E-state index in [1.807, 2.05) is 0 Å². The normalized spacial score (nSPS) is 18.4. The third-order valence-corrected chi connectivity index (χ3v) is 18.4. The van der Waals surface area contributed by atoms with E-state index in [1.165, 1.54) is 255 Å². The Balaban J connectivity index is 3.08. The molecular weight excluding hydrogens is 896 g/mol. The van der Waals surface area contributed by atoms with Gasteiger partial charge in [0.1, 0.15) is 0 Å². The maximum atomic E-state index is 6.65. The summed E-state index contributed by atoms with van der Waals surface area (Å²) in [5.41, 5.74) is 0.578. The Hall–Kier alpha value is 0.279. The predicted octanol–water partition coefficient (Wildman–Crippen LogP) is 18.3. The van der Waals surface area contributed by atoms with Gasteiger partial charge in [0.15, 0.2) is 0 Å². The summed E-state index contributed by atoms with van der Waals surface area (Å²) in [6.07, 6.45) is 49.8. The molecule has 0 bridgehead atoms. The van der Waals surface area contributed by atoms with Crippen LogP contribution >= 0.6 is 0 Å². The zero-order chi connectivity index (χ0) is 48.5. The van der Waals surface area contributed by atoms with Gasteiger partial charge < -0.3 is 0 Å². The molecule has 4 unspecified atom stereocenters. The van der Waals surface area contributed by atoms with Crippen LogP contribution in [0.15, 0.2) is 0 Å². The molecule has 0 saturated carbocycles. The van der Waals surface area contributed by atoms with Gasteiger partial charge in [0.25, 0.3) is 0 Å². The van der Waals surface area contributed by atoms with Crippen molar-refractivity contribution in [1.29, 1.82) is 0 Å². The van der Waals surface area contributed by atoms with Crippen LogP contribution in [0.1, 0.15) is 286 Å². The monoisotopic (exact) mass is 1020 g/mol. The Kier molecular flexibility index (Phi) is 48.6. The van der Waals surface area contributed by atoms with E-state index in [4.69, 9.17) is 28.4 Å². The molecule has 1 rings (SSSR count). The zero-order valence-corrected chi connectivity index (χ0v) is 48.1. The first-order chi connectivity index (χ1) is 33.1. The van der Waals surface area contributed by atoms with Gasteiger partial charge in [0.2, 0.25) is 0 Å². The Labute approximate surface area is 426 Å². The molecule has 67 heavy (non-hydrogen) atoms. The van der Waals surface area contributed by atoms with Crippen molar-refractivity contribution >= 4 is 15.0 Å². The van der Waals surface area contributed by atoms with Crippen LogP contribution < -0.4 is 0 Å². The second-order valence-corrected chi connectivity index (χ2v) is 23.2. The van der Waals surface area contributed by atoms with Crippen LogP contribution in [0.25, 0.3) is 0 Å². The van der Waals surface area contributed by atoms with Gasteiger partial charge in [-0.15, -0.1) is 0 Å². The molecule has 7 heteroatoms. The summed E-state index contributed by atoms with van der Waals surface area (Å²) in [7, 11) is 0. The van der Waals surface area contributed by atoms with Crippen molar-refractivity contribution in [2.45, 2.75) is 308 Å². The standard InChI is InChI=1S/C60H120O6Se/c1-7-13-19-23-25-27-29-33-45-61-51-53-63-49-43-59(41-35-39-57(65-47-17-11-5)37-31-21-15-9-3)55-67-56-60(59,42-36-40-58(66-48-18-12-6)38-32-22-16-10-4)44-50-64-54-52-62-46-34-30-28-26-24-20-14-8-2/h57-58H,7-56H2,1-6H3. The van der Waals surface area contributed by atoms with Gasteiger partial charge in [-0.3, -0.25) is 0 Å². The molecule has 0 aromatic heterocycles. The smallest absolute Gasteiger partial charge is 0.0654 e. The quantitative estimate of drug-likeness (QED) is 0.0447. The second-order valence-electron chi connectivity index (χ2n) is 21.1. The first-order valence-electron chi connectivity index (χ1n) is 30.2. The van der Waals surface area contributed by atoms with Gasteiger partial charge in [-0.25, -0.2) is 0 Å². The minimum atomic E-state index is 0.289. The number of ether oxygens (including phenoxy) is 6. The zero-order valence-electron chi connectivity index (χ0n) is 46.4. The minimum absolute atomic E-state index is 0.289. The summed E-state index contributed by atoms with van der Waals surface area (Å²) in [5, 5.41) is 2.76. The third-order valence-electron chi connectivity index (χ3n) is 15.2. The molecule has 6 nitrogen and oxygen atoms in total. The van der Waals surface area contributed by atoms with Crippen LogP contribution in [0.4, 0.5) is 0 Å². The second kappa shape index (κ2) is 49.8. The van der Waals surface area contributed by atoms with Crippen molar-refractivity contribution in [2.24, 2.45) is 10.8 Å². The van der Waals surface area contributed by atoms with E-state index >= 15 is 0 Å². The van der Waals surface area contributed by atoms with E-state index < -0.39 is 0 Å². The van der Waals surface area contributed by atoms with E-state index in [9.17, 15) is 0 Å². The van der Waals surface area contributed by atoms with E-state index in [0.29, 0.717) is 40.4 Å². The summed E-state index contributed by atoms with van der Waals surface area (Å²) >= 11 is 0.645. The van der Waals surface area contributed by atoms with Gasteiger partial charge in [0, 0.05) is 0 Å². The molecule has 0 spiro atoms. The van der Waals surface area contributed by atoms with Crippen molar-refractivity contribution in [2.75, 3.05) is 66.1 Å². The fourth-order valence-corrected chi connectivity index (χ4v) is 14.9. The van der Waals surface area contributed by atoms with Crippen molar-refractivity contribution in [1.82, 2.24) is 0 Å². The van der Waals surface area contributed by atoms with Crippen molar-refractivity contribution < 1.29 is 28.4 Å². The summed E-state index contributed by atoms with van der Waals surface area (Å²) < 4.78 is 38.6. The molecular formula is C60H120O6Se. The summed E-state index contributed by atoms with van der Waals surface area (Å²) in [6.45, 7) is 22.0. The molecule has 1 aliphatic rings. The van der Waals surface area contributed by atoms with E-state index in [2.05, 4.69) is 41.5 Å². The minimum Gasteiger partial charge on any atom is -0.0654 e. The first kappa shape index (κ1) is 65.3. The van der Waals surface area contributed by atoms with Crippen LogP contribution in [-0.4, -0.2) is 93.2 Å². The number of rotatable bonds is 56. The molecule has 1 heterocycles. The van der Waals surface area contributed by atoms with Crippen LogP contribution in [0.3, 0.4) is 0 Å². The summed E-state index contributed by atoms with van der Waals surface area (Å²) in [5.74, 6) is 0. The Bertz CT molecular complexity index is 897. The van der Waals surface area contributed by atoms with Crippen LogP contribution in [0, 0.1) is 10.8 Å². The molecule has 0 radical (unpaired) electrons. The molecule has 1 saturated heterocycles. The average molecular weight is 1020 g/mol. The molecule has 402 valence electrons. The number of hydrogen-bond donors (Lipinski definition) is 0. The topological polar surface area (TPSA) is 55.4 Å². The van der Waals surface area contributed by atoms with Gasteiger partial charge in [-0.05, 0) is 0 Å². The van der Waals surface area contributed by atoms with E-state index in [-0.39, 0.29) is 10.8 Å². The number of unbranched alkanes of at least 4 members (excludes halogenated alkanes) is 22. The molecule has 1 fully saturated rings.